The number of rotatable bonds is 5. The van der Waals surface area contributed by atoms with Crippen molar-refractivity contribution in [2.45, 2.75) is 17.4 Å². The van der Waals surface area contributed by atoms with Gasteiger partial charge in [-0.25, -0.2) is 17.2 Å². The van der Waals surface area contributed by atoms with Gasteiger partial charge in [0.1, 0.15) is 22.1 Å². The lowest BCUT2D eigenvalue weighted by Gasteiger charge is -2.27. The van der Waals surface area contributed by atoms with E-state index in [1.165, 1.54) is 19.1 Å². The average Bonchev–Trinajstić information content (AvgIpc) is 2.49. The lowest BCUT2D eigenvalue weighted by Crippen LogP contribution is -2.52. The molecular formula is C15H14F2N2O3S. The molecule has 0 unspecified atom stereocenters. The lowest BCUT2D eigenvalue weighted by molar-refractivity contribution is -0.123. The molecule has 122 valence electrons. The third-order valence-corrected chi connectivity index (χ3v) is 4.93. The van der Waals surface area contributed by atoms with Gasteiger partial charge in [0.2, 0.25) is 15.9 Å². The molecule has 5 nitrogen and oxygen atoms in total. The van der Waals surface area contributed by atoms with Gasteiger partial charge in [-0.05, 0) is 30.7 Å². The van der Waals surface area contributed by atoms with E-state index in [4.69, 9.17) is 5.73 Å². The number of benzene rings is 2. The summed E-state index contributed by atoms with van der Waals surface area (Å²) in [6.07, 6.45) is 0. The molecule has 0 aromatic heterocycles. The Morgan fingerprint density at radius 3 is 2.30 bits per heavy atom. The highest BCUT2D eigenvalue weighted by Crippen LogP contribution is 2.25. The first-order chi connectivity index (χ1) is 10.7. The molecule has 0 heterocycles. The lowest BCUT2D eigenvalue weighted by atomic mass is 9.93. The number of carbonyl (C=O) groups excluding carboxylic acids is 1. The summed E-state index contributed by atoms with van der Waals surface area (Å²) < 4.78 is 53.8. The molecule has 0 saturated heterocycles. The number of nitrogens with two attached hydrogens (primary N) is 1. The fraction of sp³-hybridized carbons (Fsp3) is 0.133. The van der Waals surface area contributed by atoms with Gasteiger partial charge in [0, 0.05) is 0 Å². The number of amides is 1. The topological polar surface area (TPSA) is 89.3 Å². The summed E-state index contributed by atoms with van der Waals surface area (Å²) in [4.78, 5) is 10.9. The van der Waals surface area contributed by atoms with Crippen molar-refractivity contribution < 1.29 is 22.0 Å². The zero-order valence-electron chi connectivity index (χ0n) is 12.1. The van der Waals surface area contributed by atoms with Gasteiger partial charge in [-0.3, -0.25) is 4.79 Å². The van der Waals surface area contributed by atoms with Crippen LogP contribution < -0.4 is 10.5 Å². The third kappa shape index (κ3) is 3.38. The molecule has 23 heavy (non-hydrogen) atoms. The predicted molar refractivity (Wildman–Crippen MR) is 79.7 cm³/mol. The Morgan fingerprint density at radius 1 is 1.13 bits per heavy atom. The van der Waals surface area contributed by atoms with E-state index < -0.39 is 38.0 Å². The maximum atomic E-state index is 13.7. The largest absolute Gasteiger partial charge is 0.368 e. The smallest absolute Gasteiger partial charge is 0.244 e. The molecule has 8 heteroatoms. The SMILES string of the molecule is C[C@@](NS(=O)(=O)c1cc(F)ccc1F)(C(N)=O)c1ccccc1. The van der Waals surface area contributed by atoms with E-state index in [0.717, 1.165) is 6.07 Å². The molecule has 2 aromatic rings. The van der Waals surface area contributed by atoms with Crippen LogP contribution in [-0.2, 0) is 20.4 Å². The van der Waals surface area contributed by atoms with E-state index in [9.17, 15) is 22.0 Å². The normalized spacial score (nSPS) is 14.2. The van der Waals surface area contributed by atoms with Crippen LogP contribution in [0, 0.1) is 11.6 Å². The Kier molecular flexibility index (Phi) is 4.49. The molecule has 0 radical (unpaired) electrons. The number of carbonyl (C=O) groups is 1. The highest BCUT2D eigenvalue weighted by molar-refractivity contribution is 7.89. The summed E-state index contributed by atoms with van der Waals surface area (Å²) in [5.74, 6) is -3.05. The molecule has 0 aliphatic heterocycles. The van der Waals surface area contributed by atoms with Gasteiger partial charge in [0.25, 0.3) is 0 Å². The monoisotopic (exact) mass is 340 g/mol. The molecule has 0 aliphatic carbocycles. The molecule has 0 saturated carbocycles. The van der Waals surface area contributed by atoms with Crippen LogP contribution in [0.2, 0.25) is 0 Å². The van der Waals surface area contributed by atoms with Crippen molar-refractivity contribution in [3.05, 3.63) is 65.7 Å². The fourth-order valence-electron chi connectivity index (χ4n) is 2.03. The molecule has 0 spiro atoms. The molecule has 0 fully saturated rings. The summed E-state index contributed by atoms with van der Waals surface area (Å²) in [6.45, 7) is 1.25. The van der Waals surface area contributed by atoms with E-state index in [0.29, 0.717) is 12.1 Å². The first-order valence-electron chi connectivity index (χ1n) is 6.51. The average molecular weight is 340 g/mol. The van der Waals surface area contributed by atoms with Crippen molar-refractivity contribution in [2.75, 3.05) is 0 Å². The summed E-state index contributed by atoms with van der Waals surface area (Å²) in [7, 11) is -4.53. The van der Waals surface area contributed by atoms with Gasteiger partial charge in [-0.15, -0.1) is 0 Å². The Morgan fingerprint density at radius 2 is 1.74 bits per heavy atom. The van der Waals surface area contributed by atoms with Crippen molar-refractivity contribution >= 4 is 15.9 Å². The standard InChI is InChI=1S/C15H14F2N2O3S/c1-15(14(18)20,10-5-3-2-4-6-10)19-23(21,22)13-9-11(16)7-8-12(13)17/h2-9,19H,1H3,(H2,18,20)/t15-/m0/s1. The van der Waals surface area contributed by atoms with Crippen LogP contribution in [0.1, 0.15) is 12.5 Å². The second kappa shape index (κ2) is 6.05. The summed E-state index contributed by atoms with van der Waals surface area (Å²) in [5, 5.41) is 0. The number of nitrogens with one attached hydrogen (secondary N) is 1. The van der Waals surface area contributed by atoms with E-state index >= 15 is 0 Å². The molecular weight excluding hydrogens is 326 g/mol. The fourth-order valence-corrected chi connectivity index (χ4v) is 3.49. The number of sulfonamides is 1. The number of hydrogen-bond donors (Lipinski definition) is 2. The highest BCUT2D eigenvalue weighted by atomic mass is 32.2. The number of hydrogen-bond acceptors (Lipinski definition) is 3. The van der Waals surface area contributed by atoms with Crippen molar-refractivity contribution in [1.82, 2.24) is 4.72 Å². The van der Waals surface area contributed by atoms with Crippen LogP contribution in [0.3, 0.4) is 0 Å². The quantitative estimate of drug-likeness (QED) is 0.867. The second-order valence-electron chi connectivity index (χ2n) is 5.04. The molecule has 1 atom stereocenters. The highest BCUT2D eigenvalue weighted by Gasteiger charge is 2.38. The molecule has 2 aromatic carbocycles. The van der Waals surface area contributed by atoms with Crippen LogP contribution in [0.5, 0.6) is 0 Å². The minimum absolute atomic E-state index is 0.271. The Hall–Kier alpha value is -2.32. The van der Waals surface area contributed by atoms with E-state index in [1.54, 1.807) is 18.2 Å². The first kappa shape index (κ1) is 17.0. The molecule has 3 N–H and O–H groups in total. The van der Waals surface area contributed by atoms with E-state index in [-0.39, 0.29) is 5.56 Å². The zero-order chi connectivity index (χ0) is 17.3. The van der Waals surface area contributed by atoms with Crippen LogP contribution in [0.25, 0.3) is 0 Å². The second-order valence-corrected chi connectivity index (χ2v) is 6.69. The summed E-state index contributed by atoms with van der Waals surface area (Å²) in [6, 6.07) is 9.86. The van der Waals surface area contributed by atoms with Gasteiger partial charge in [0.05, 0.1) is 0 Å². The summed E-state index contributed by atoms with van der Waals surface area (Å²) in [5.41, 5.74) is 3.77. The Bertz CT molecular complexity index is 841. The van der Waals surface area contributed by atoms with Gasteiger partial charge >= 0.3 is 0 Å². The molecule has 0 bridgehead atoms. The van der Waals surface area contributed by atoms with Gasteiger partial charge in [-0.1, -0.05) is 30.3 Å². The summed E-state index contributed by atoms with van der Waals surface area (Å²) >= 11 is 0. The van der Waals surface area contributed by atoms with Crippen LogP contribution in [-0.4, -0.2) is 14.3 Å². The van der Waals surface area contributed by atoms with Crippen LogP contribution in [0.15, 0.2) is 53.4 Å². The molecule has 2 rings (SSSR count). The predicted octanol–water partition coefficient (Wildman–Crippen LogP) is 1.64. The molecule has 1 amide bonds. The van der Waals surface area contributed by atoms with E-state index in [1.807, 2.05) is 0 Å². The maximum absolute atomic E-state index is 13.7. The van der Waals surface area contributed by atoms with Crippen molar-refractivity contribution in [1.29, 1.82) is 0 Å². The molecule has 0 aliphatic rings. The van der Waals surface area contributed by atoms with Crippen molar-refractivity contribution in [2.24, 2.45) is 5.73 Å². The van der Waals surface area contributed by atoms with E-state index in [2.05, 4.69) is 4.72 Å². The minimum Gasteiger partial charge on any atom is -0.368 e. The van der Waals surface area contributed by atoms with Gasteiger partial charge in [0.15, 0.2) is 0 Å². The Labute approximate surface area is 132 Å². The maximum Gasteiger partial charge on any atom is 0.244 e. The minimum atomic E-state index is -4.53. The zero-order valence-corrected chi connectivity index (χ0v) is 12.9. The third-order valence-electron chi connectivity index (χ3n) is 3.37. The van der Waals surface area contributed by atoms with Gasteiger partial charge < -0.3 is 5.73 Å². The Balaban J connectivity index is 2.52. The van der Waals surface area contributed by atoms with Crippen LogP contribution in [0.4, 0.5) is 8.78 Å². The number of halogens is 2. The van der Waals surface area contributed by atoms with Crippen molar-refractivity contribution in [3.8, 4) is 0 Å². The van der Waals surface area contributed by atoms with Gasteiger partial charge in [-0.2, -0.15) is 4.72 Å². The van der Waals surface area contributed by atoms with Crippen LogP contribution >= 0.6 is 0 Å². The first-order valence-corrected chi connectivity index (χ1v) is 7.99. The number of primary amides is 1. The van der Waals surface area contributed by atoms with Crippen molar-refractivity contribution in [3.63, 3.8) is 0 Å².